The van der Waals surface area contributed by atoms with Gasteiger partial charge in [-0.15, -0.1) is 0 Å². The number of benzene rings is 2. The minimum absolute atomic E-state index is 0.272. The third kappa shape index (κ3) is 6.31. The monoisotopic (exact) mass is 435 g/mol. The van der Waals surface area contributed by atoms with E-state index in [9.17, 15) is 14.6 Å². The number of hydrogen-bond acceptors (Lipinski definition) is 4. The SMILES string of the molecule is CC/C=C/c1cc(C(=O)NN(C(=O)c2cc(C)cc(C)c2)C(C)(C)C)ccc1B(O)NC. The van der Waals surface area contributed by atoms with E-state index in [1.54, 1.807) is 25.2 Å². The van der Waals surface area contributed by atoms with Crippen molar-refractivity contribution in [2.45, 2.75) is 53.5 Å². The average molecular weight is 435 g/mol. The number of carbonyl (C=O) groups excluding carboxylic acids is 2. The van der Waals surface area contributed by atoms with E-state index in [0.717, 1.165) is 23.1 Å². The minimum Gasteiger partial charge on any atom is -0.433 e. The van der Waals surface area contributed by atoms with Crippen LogP contribution in [0.25, 0.3) is 6.08 Å². The van der Waals surface area contributed by atoms with Crippen molar-refractivity contribution in [3.63, 3.8) is 0 Å². The summed E-state index contributed by atoms with van der Waals surface area (Å²) in [5, 5.41) is 14.4. The fourth-order valence-electron chi connectivity index (χ4n) is 3.43. The number of rotatable bonds is 6. The molecule has 0 aliphatic carbocycles. The summed E-state index contributed by atoms with van der Waals surface area (Å²) in [6.45, 7) is 11.5. The molecule has 0 unspecified atom stereocenters. The molecule has 6 nitrogen and oxygen atoms in total. The first-order valence-electron chi connectivity index (χ1n) is 10.9. The number of hydrazine groups is 1. The lowest BCUT2D eigenvalue weighted by Gasteiger charge is -2.35. The normalized spacial score (nSPS) is 11.5. The van der Waals surface area contributed by atoms with Gasteiger partial charge in [0.2, 0.25) is 0 Å². The van der Waals surface area contributed by atoms with Crippen LogP contribution in [0.2, 0.25) is 0 Å². The summed E-state index contributed by atoms with van der Waals surface area (Å²) in [5.74, 6) is -0.666. The van der Waals surface area contributed by atoms with Gasteiger partial charge < -0.3 is 10.3 Å². The largest absolute Gasteiger partial charge is 0.433 e. The number of nitrogens with one attached hydrogen (secondary N) is 2. The van der Waals surface area contributed by atoms with Crippen molar-refractivity contribution >= 4 is 30.4 Å². The van der Waals surface area contributed by atoms with Gasteiger partial charge in [-0.05, 0) is 83.4 Å². The maximum atomic E-state index is 13.3. The van der Waals surface area contributed by atoms with Crippen molar-refractivity contribution in [2.75, 3.05) is 7.05 Å². The van der Waals surface area contributed by atoms with Crippen molar-refractivity contribution in [2.24, 2.45) is 0 Å². The molecule has 2 aromatic carbocycles. The van der Waals surface area contributed by atoms with E-state index in [4.69, 9.17) is 0 Å². The first-order valence-corrected chi connectivity index (χ1v) is 10.9. The van der Waals surface area contributed by atoms with Crippen LogP contribution in [0.5, 0.6) is 0 Å². The topological polar surface area (TPSA) is 81.7 Å². The molecule has 170 valence electrons. The number of hydrogen-bond donors (Lipinski definition) is 3. The molecule has 0 radical (unpaired) electrons. The Labute approximate surface area is 191 Å². The standard InChI is InChI=1S/C25H34BN3O3/c1-8-9-10-19-16-20(11-12-22(19)26(32)27-7)23(30)28-29(25(4,5)6)24(31)21-14-17(2)13-18(3)15-21/h9-16,27,32H,8H2,1-7H3,(H,28,30)/b10-9+. The summed E-state index contributed by atoms with van der Waals surface area (Å²) >= 11 is 0. The van der Waals surface area contributed by atoms with Gasteiger partial charge in [-0.2, -0.15) is 0 Å². The van der Waals surface area contributed by atoms with Gasteiger partial charge in [0.1, 0.15) is 0 Å². The molecule has 0 saturated carbocycles. The molecule has 7 heteroatoms. The number of allylic oxidation sites excluding steroid dienone is 1. The Hall–Kier alpha value is -2.90. The number of aryl methyl sites for hydroxylation is 2. The van der Waals surface area contributed by atoms with Gasteiger partial charge in [0.15, 0.2) is 0 Å². The Morgan fingerprint density at radius 3 is 2.22 bits per heavy atom. The second-order valence-electron chi connectivity index (χ2n) is 8.97. The summed E-state index contributed by atoms with van der Waals surface area (Å²) in [7, 11) is 0.819. The summed E-state index contributed by atoms with van der Waals surface area (Å²) in [6, 6.07) is 10.7. The van der Waals surface area contributed by atoms with Gasteiger partial charge in [0.05, 0.1) is 5.54 Å². The lowest BCUT2D eigenvalue weighted by Crippen LogP contribution is -2.56. The van der Waals surface area contributed by atoms with Gasteiger partial charge in [-0.1, -0.05) is 42.3 Å². The molecular weight excluding hydrogens is 401 g/mol. The highest BCUT2D eigenvalue weighted by Gasteiger charge is 2.30. The van der Waals surface area contributed by atoms with Gasteiger partial charge in [0, 0.05) is 11.1 Å². The van der Waals surface area contributed by atoms with Crippen LogP contribution < -0.4 is 16.1 Å². The first kappa shape index (κ1) is 25.4. The van der Waals surface area contributed by atoms with E-state index < -0.39 is 18.5 Å². The van der Waals surface area contributed by atoms with E-state index in [1.165, 1.54) is 5.01 Å². The Morgan fingerprint density at radius 1 is 1.06 bits per heavy atom. The second-order valence-corrected chi connectivity index (χ2v) is 8.97. The molecule has 0 spiro atoms. The molecule has 3 N–H and O–H groups in total. The third-order valence-corrected chi connectivity index (χ3v) is 5.01. The van der Waals surface area contributed by atoms with E-state index >= 15 is 0 Å². The van der Waals surface area contributed by atoms with Crippen LogP contribution in [0.3, 0.4) is 0 Å². The highest BCUT2D eigenvalue weighted by atomic mass is 16.2. The van der Waals surface area contributed by atoms with Crippen LogP contribution in [0, 0.1) is 13.8 Å². The molecule has 0 saturated heterocycles. The Kier molecular flexibility index (Phi) is 8.41. The predicted molar refractivity (Wildman–Crippen MR) is 132 cm³/mol. The fraction of sp³-hybridized carbons (Fsp3) is 0.360. The summed E-state index contributed by atoms with van der Waals surface area (Å²) in [4.78, 5) is 26.5. The fourth-order valence-corrected chi connectivity index (χ4v) is 3.43. The molecule has 2 aromatic rings. The molecule has 0 fully saturated rings. The average Bonchev–Trinajstić information content (AvgIpc) is 2.73. The van der Waals surface area contributed by atoms with Crippen molar-refractivity contribution < 1.29 is 14.6 Å². The third-order valence-electron chi connectivity index (χ3n) is 5.01. The van der Waals surface area contributed by atoms with Crippen LogP contribution in [0.15, 0.2) is 42.5 Å². The van der Waals surface area contributed by atoms with Gasteiger partial charge in [-0.3, -0.25) is 15.0 Å². The number of amides is 2. The lowest BCUT2D eigenvalue weighted by atomic mass is 9.71. The smallest absolute Gasteiger partial charge is 0.413 e. The van der Waals surface area contributed by atoms with Crippen molar-refractivity contribution in [1.29, 1.82) is 0 Å². The van der Waals surface area contributed by atoms with Crippen molar-refractivity contribution in [3.8, 4) is 0 Å². The molecule has 2 rings (SSSR count). The first-order chi connectivity index (χ1) is 15.0. The Bertz CT molecular complexity index is 992. The maximum absolute atomic E-state index is 13.3. The van der Waals surface area contributed by atoms with Crippen LogP contribution in [0.4, 0.5) is 0 Å². The second kappa shape index (κ2) is 10.6. The van der Waals surface area contributed by atoms with E-state index in [1.807, 2.05) is 71.9 Å². The van der Waals surface area contributed by atoms with Crippen molar-refractivity contribution in [1.82, 2.24) is 15.7 Å². The van der Waals surface area contributed by atoms with E-state index in [2.05, 4.69) is 10.7 Å². The molecule has 32 heavy (non-hydrogen) atoms. The summed E-state index contributed by atoms with van der Waals surface area (Å²) in [5.41, 5.74) is 6.47. The van der Waals surface area contributed by atoms with Crippen LogP contribution in [-0.2, 0) is 0 Å². The van der Waals surface area contributed by atoms with Crippen LogP contribution >= 0.6 is 0 Å². The van der Waals surface area contributed by atoms with E-state index in [0.29, 0.717) is 16.6 Å². The molecule has 0 aliphatic rings. The van der Waals surface area contributed by atoms with Gasteiger partial charge in [0.25, 0.3) is 11.8 Å². The number of nitrogens with zero attached hydrogens (tertiary/aromatic N) is 1. The Balaban J connectivity index is 2.39. The highest BCUT2D eigenvalue weighted by Crippen LogP contribution is 2.18. The van der Waals surface area contributed by atoms with E-state index in [-0.39, 0.29) is 5.91 Å². The van der Waals surface area contributed by atoms with Gasteiger partial charge in [-0.25, -0.2) is 5.01 Å². The molecule has 0 aliphatic heterocycles. The Morgan fingerprint density at radius 2 is 1.69 bits per heavy atom. The molecular formula is C25H34BN3O3. The zero-order valence-corrected chi connectivity index (χ0v) is 20.1. The maximum Gasteiger partial charge on any atom is 0.413 e. The molecule has 0 bridgehead atoms. The lowest BCUT2D eigenvalue weighted by molar-refractivity contribution is 0.0358. The molecule has 0 heterocycles. The molecule has 2 amide bonds. The van der Waals surface area contributed by atoms with Crippen LogP contribution in [0.1, 0.15) is 71.5 Å². The van der Waals surface area contributed by atoms with Crippen LogP contribution in [-0.4, -0.2) is 41.5 Å². The zero-order valence-electron chi connectivity index (χ0n) is 20.1. The quantitative estimate of drug-likeness (QED) is 0.481. The minimum atomic E-state index is -0.846. The highest BCUT2D eigenvalue weighted by molar-refractivity contribution is 6.64. The molecule has 0 atom stereocenters. The summed E-state index contributed by atoms with van der Waals surface area (Å²) in [6.07, 6.45) is 4.68. The van der Waals surface area contributed by atoms with Gasteiger partial charge >= 0.3 is 7.05 Å². The van der Waals surface area contributed by atoms with Crippen molar-refractivity contribution in [3.05, 3.63) is 70.3 Å². The summed E-state index contributed by atoms with van der Waals surface area (Å²) < 4.78 is 0. The predicted octanol–water partition coefficient (Wildman–Crippen LogP) is 3.22. The zero-order chi connectivity index (χ0) is 24.1. The molecule has 0 aromatic heterocycles. The number of carbonyl (C=O) groups is 2.